The molecule has 38 heavy (non-hydrogen) atoms. The Morgan fingerprint density at radius 3 is 2.45 bits per heavy atom. The summed E-state index contributed by atoms with van der Waals surface area (Å²) in [6.45, 7) is 6.22. The number of rotatable bonds is 6. The summed E-state index contributed by atoms with van der Waals surface area (Å²) >= 11 is 0. The van der Waals surface area contributed by atoms with Crippen LogP contribution in [0, 0.1) is 6.92 Å². The molecule has 0 aliphatic carbocycles. The summed E-state index contributed by atoms with van der Waals surface area (Å²) in [4.78, 5) is 26.4. The molecule has 4 aromatic rings. The van der Waals surface area contributed by atoms with Crippen molar-refractivity contribution in [3.05, 3.63) is 95.7 Å². The molecule has 2 aliphatic heterocycles. The average molecular weight is 508 g/mol. The van der Waals surface area contributed by atoms with Gasteiger partial charge in [-0.2, -0.15) is 0 Å². The lowest BCUT2D eigenvalue weighted by atomic mass is 10.1. The van der Waals surface area contributed by atoms with Crippen LogP contribution in [-0.4, -0.2) is 58.6 Å². The van der Waals surface area contributed by atoms with E-state index >= 15 is 0 Å². The summed E-state index contributed by atoms with van der Waals surface area (Å²) in [5, 5.41) is 3.25. The number of aromatic nitrogens is 2. The minimum atomic E-state index is 0.0527. The van der Waals surface area contributed by atoms with Gasteiger partial charge in [0.1, 0.15) is 0 Å². The van der Waals surface area contributed by atoms with Crippen LogP contribution in [0.3, 0.4) is 0 Å². The quantitative estimate of drug-likeness (QED) is 0.398. The molecule has 1 aromatic heterocycles. The Hall–Kier alpha value is -4.43. The van der Waals surface area contributed by atoms with E-state index in [0.717, 1.165) is 48.1 Å². The van der Waals surface area contributed by atoms with Crippen molar-refractivity contribution in [1.29, 1.82) is 0 Å². The number of amides is 1. The van der Waals surface area contributed by atoms with Crippen LogP contribution in [-0.2, 0) is 6.54 Å². The van der Waals surface area contributed by atoms with Crippen LogP contribution >= 0.6 is 0 Å². The number of carbonyl (C=O) groups excluding carboxylic acids is 1. The Balaban J connectivity index is 1.03. The first-order valence-electron chi connectivity index (χ1n) is 12.8. The highest BCUT2D eigenvalue weighted by molar-refractivity contribution is 5.94. The van der Waals surface area contributed by atoms with Gasteiger partial charge in [0.15, 0.2) is 11.5 Å². The molecule has 1 amide bonds. The minimum absolute atomic E-state index is 0.0527. The Bertz CT molecular complexity index is 1430. The van der Waals surface area contributed by atoms with Gasteiger partial charge in [0.2, 0.25) is 12.7 Å². The summed E-state index contributed by atoms with van der Waals surface area (Å²) < 4.78 is 10.9. The Morgan fingerprint density at radius 2 is 1.66 bits per heavy atom. The number of piperazine rings is 1. The van der Waals surface area contributed by atoms with Crippen molar-refractivity contribution in [2.45, 2.75) is 13.5 Å². The van der Waals surface area contributed by atoms with Gasteiger partial charge in [0.25, 0.3) is 5.91 Å². The number of hydrogen-bond donors (Lipinski definition) is 1. The number of fused-ring (bicyclic) bond motifs is 1. The summed E-state index contributed by atoms with van der Waals surface area (Å²) in [5.74, 6) is 2.17. The molecule has 0 spiro atoms. The van der Waals surface area contributed by atoms with E-state index in [4.69, 9.17) is 9.47 Å². The number of benzene rings is 3. The first-order chi connectivity index (χ1) is 18.6. The van der Waals surface area contributed by atoms with Gasteiger partial charge in [-0.25, -0.2) is 9.97 Å². The number of ether oxygens (including phenoxy) is 2. The zero-order valence-electron chi connectivity index (χ0n) is 21.3. The molecule has 1 N–H and O–H groups in total. The highest BCUT2D eigenvalue weighted by Gasteiger charge is 2.23. The van der Waals surface area contributed by atoms with Gasteiger partial charge in [0, 0.05) is 55.7 Å². The third-order valence-electron chi connectivity index (χ3n) is 6.89. The highest BCUT2D eigenvalue weighted by Crippen LogP contribution is 2.33. The largest absolute Gasteiger partial charge is 0.454 e. The zero-order chi connectivity index (χ0) is 25.9. The molecule has 192 valence electrons. The summed E-state index contributed by atoms with van der Waals surface area (Å²) in [7, 11) is 0. The molecule has 8 heteroatoms. The number of carbonyl (C=O) groups is 1. The topological polar surface area (TPSA) is 79.8 Å². The fourth-order valence-corrected chi connectivity index (χ4v) is 4.72. The maximum Gasteiger partial charge on any atom is 0.253 e. The molecule has 3 heterocycles. The van der Waals surface area contributed by atoms with Crippen molar-refractivity contribution < 1.29 is 14.3 Å². The van der Waals surface area contributed by atoms with Crippen molar-refractivity contribution in [2.75, 3.05) is 38.3 Å². The standard InChI is InChI=1S/C30H29N5O3/c1-21-2-5-23(6-3-21)26-12-13-31-30(33-26)32-25-9-7-24(8-10-25)29(36)35-16-14-34(15-17-35)19-22-4-11-27-28(18-22)38-20-37-27/h2-13,18H,14-17,19-20H2,1H3,(H,31,32,33). The average Bonchev–Trinajstić information content (AvgIpc) is 3.42. The molecule has 1 saturated heterocycles. The molecule has 0 atom stereocenters. The molecule has 6 rings (SSSR count). The van der Waals surface area contributed by atoms with E-state index in [-0.39, 0.29) is 12.7 Å². The summed E-state index contributed by atoms with van der Waals surface area (Å²) in [6, 6.07) is 23.7. The van der Waals surface area contributed by atoms with Gasteiger partial charge in [-0.3, -0.25) is 9.69 Å². The Morgan fingerprint density at radius 1 is 0.895 bits per heavy atom. The second-order valence-electron chi connectivity index (χ2n) is 9.59. The third kappa shape index (κ3) is 5.31. The molecule has 2 aliphatic rings. The second kappa shape index (κ2) is 10.5. The van der Waals surface area contributed by atoms with Crippen LogP contribution < -0.4 is 14.8 Å². The Kier molecular flexibility index (Phi) is 6.62. The molecular formula is C30H29N5O3. The Labute approximate surface area is 221 Å². The van der Waals surface area contributed by atoms with Gasteiger partial charge in [-0.05, 0) is 55.0 Å². The predicted molar refractivity (Wildman–Crippen MR) is 146 cm³/mol. The lowest BCUT2D eigenvalue weighted by Gasteiger charge is -2.34. The monoisotopic (exact) mass is 507 g/mol. The van der Waals surface area contributed by atoms with Gasteiger partial charge >= 0.3 is 0 Å². The van der Waals surface area contributed by atoms with Gasteiger partial charge in [-0.15, -0.1) is 0 Å². The van der Waals surface area contributed by atoms with Crippen molar-refractivity contribution in [3.8, 4) is 22.8 Å². The first kappa shape index (κ1) is 23.9. The smallest absolute Gasteiger partial charge is 0.253 e. The normalized spacial score (nSPS) is 14.9. The molecule has 0 radical (unpaired) electrons. The maximum absolute atomic E-state index is 13.1. The lowest BCUT2D eigenvalue weighted by Crippen LogP contribution is -2.48. The summed E-state index contributed by atoms with van der Waals surface area (Å²) in [5.41, 5.74) is 5.79. The van der Waals surface area contributed by atoms with Crippen molar-refractivity contribution in [3.63, 3.8) is 0 Å². The number of aryl methyl sites for hydroxylation is 1. The molecule has 1 fully saturated rings. The maximum atomic E-state index is 13.1. The van der Waals surface area contributed by atoms with Crippen molar-refractivity contribution >= 4 is 17.5 Å². The summed E-state index contributed by atoms with van der Waals surface area (Å²) in [6.07, 6.45) is 1.74. The fourth-order valence-electron chi connectivity index (χ4n) is 4.72. The molecule has 0 saturated carbocycles. The number of anilines is 2. The van der Waals surface area contributed by atoms with E-state index in [1.807, 2.05) is 47.4 Å². The van der Waals surface area contributed by atoms with E-state index in [0.29, 0.717) is 24.6 Å². The fraction of sp³-hybridized carbons (Fsp3) is 0.233. The third-order valence-corrected chi connectivity index (χ3v) is 6.89. The molecule has 8 nitrogen and oxygen atoms in total. The van der Waals surface area contributed by atoms with E-state index in [2.05, 4.69) is 57.4 Å². The van der Waals surface area contributed by atoms with Crippen LogP contribution in [0.1, 0.15) is 21.5 Å². The predicted octanol–water partition coefficient (Wildman–Crippen LogP) is 4.88. The van der Waals surface area contributed by atoms with Crippen molar-refractivity contribution in [2.24, 2.45) is 0 Å². The van der Waals surface area contributed by atoms with Crippen LogP contribution in [0.15, 0.2) is 79.0 Å². The molecule has 0 unspecified atom stereocenters. The van der Waals surface area contributed by atoms with Gasteiger partial charge in [0.05, 0.1) is 5.69 Å². The number of nitrogens with one attached hydrogen (secondary N) is 1. The first-order valence-corrected chi connectivity index (χ1v) is 12.8. The van der Waals surface area contributed by atoms with Gasteiger partial charge < -0.3 is 19.7 Å². The van der Waals surface area contributed by atoms with E-state index in [1.165, 1.54) is 11.1 Å². The zero-order valence-corrected chi connectivity index (χ0v) is 21.3. The van der Waals surface area contributed by atoms with Crippen LogP contribution in [0.5, 0.6) is 11.5 Å². The van der Waals surface area contributed by atoms with Crippen LogP contribution in [0.25, 0.3) is 11.3 Å². The number of hydrogen-bond acceptors (Lipinski definition) is 7. The number of nitrogens with zero attached hydrogens (tertiary/aromatic N) is 4. The van der Waals surface area contributed by atoms with E-state index in [1.54, 1.807) is 6.20 Å². The minimum Gasteiger partial charge on any atom is -0.454 e. The molecule has 3 aromatic carbocycles. The van der Waals surface area contributed by atoms with Crippen LogP contribution in [0.2, 0.25) is 0 Å². The molecular weight excluding hydrogens is 478 g/mol. The van der Waals surface area contributed by atoms with Crippen molar-refractivity contribution in [1.82, 2.24) is 19.8 Å². The lowest BCUT2D eigenvalue weighted by molar-refractivity contribution is 0.0628. The van der Waals surface area contributed by atoms with Gasteiger partial charge in [-0.1, -0.05) is 35.9 Å². The van der Waals surface area contributed by atoms with E-state index in [9.17, 15) is 4.79 Å². The van der Waals surface area contributed by atoms with Crippen LogP contribution in [0.4, 0.5) is 11.6 Å². The molecule has 0 bridgehead atoms. The second-order valence-corrected chi connectivity index (χ2v) is 9.59. The highest BCUT2D eigenvalue weighted by atomic mass is 16.7. The SMILES string of the molecule is Cc1ccc(-c2ccnc(Nc3ccc(C(=O)N4CCN(Cc5ccc6c(c5)OCO6)CC4)cc3)n2)cc1. The van der Waals surface area contributed by atoms with E-state index < -0.39 is 0 Å².